The van der Waals surface area contributed by atoms with Crippen LogP contribution in [0.1, 0.15) is 59.5 Å². The summed E-state index contributed by atoms with van der Waals surface area (Å²) in [6.45, 7) is 2.01. The summed E-state index contributed by atoms with van der Waals surface area (Å²) in [5.74, 6) is 0.772. The molecule has 0 bridgehead atoms. The molecule has 0 radical (unpaired) electrons. The van der Waals surface area contributed by atoms with Gasteiger partial charge >= 0.3 is 0 Å². The fourth-order valence-electron chi connectivity index (χ4n) is 2.92. The summed E-state index contributed by atoms with van der Waals surface area (Å²) in [5.41, 5.74) is 3.28. The summed E-state index contributed by atoms with van der Waals surface area (Å²) < 4.78 is 0. The molecule has 1 nitrogen and oxygen atoms in total. The average Bonchev–Trinajstić information content (AvgIpc) is 2.45. The maximum atomic E-state index is 12.8. The van der Waals surface area contributed by atoms with Gasteiger partial charge in [0, 0.05) is 11.5 Å². The first-order valence-corrected chi connectivity index (χ1v) is 7.45. The minimum Gasteiger partial charge on any atom is -0.293 e. The molecular weight excluding hydrogens is 244 g/mol. The zero-order valence-electron chi connectivity index (χ0n) is 11.9. The summed E-state index contributed by atoms with van der Waals surface area (Å²) in [5, 5.41) is 0. The van der Waals surface area contributed by atoms with Crippen LogP contribution in [0, 0.1) is 0 Å². The van der Waals surface area contributed by atoms with Crippen molar-refractivity contribution >= 4 is 5.78 Å². The summed E-state index contributed by atoms with van der Waals surface area (Å²) in [6, 6.07) is 18.2. The highest BCUT2D eigenvalue weighted by Gasteiger charge is 2.26. The third-order valence-corrected chi connectivity index (χ3v) is 4.46. The Morgan fingerprint density at radius 3 is 2.30 bits per heavy atom. The first-order chi connectivity index (χ1) is 9.77. The molecule has 1 aliphatic carbocycles. The van der Waals surface area contributed by atoms with E-state index < -0.39 is 0 Å². The second-order valence-electron chi connectivity index (χ2n) is 5.71. The number of hydrogen-bond donors (Lipinski definition) is 0. The van der Waals surface area contributed by atoms with Crippen LogP contribution in [0.3, 0.4) is 0 Å². The van der Waals surface area contributed by atoms with Crippen molar-refractivity contribution < 1.29 is 4.79 Å². The molecule has 2 aromatic rings. The monoisotopic (exact) mass is 264 g/mol. The Labute approximate surface area is 120 Å². The zero-order chi connectivity index (χ0) is 13.9. The number of hydrogen-bond acceptors (Lipinski definition) is 1. The third-order valence-electron chi connectivity index (χ3n) is 4.46. The second-order valence-corrected chi connectivity index (χ2v) is 5.71. The van der Waals surface area contributed by atoms with Crippen molar-refractivity contribution in [3.8, 4) is 0 Å². The topological polar surface area (TPSA) is 17.1 Å². The predicted octanol–water partition coefficient (Wildman–Crippen LogP) is 4.94. The molecule has 0 N–H and O–H groups in total. The van der Waals surface area contributed by atoms with Gasteiger partial charge in [0.1, 0.15) is 0 Å². The Morgan fingerprint density at radius 2 is 1.65 bits per heavy atom. The molecule has 0 aliphatic heterocycles. The van der Waals surface area contributed by atoms with E-state index in [1.54, 1.807) is 0 Å². The largest absolute Gasteiger partial charge is 0.293 e. The maximum absolute atomic E-state index is 12.8. The fourth-order valence-corrected chi connectivity index (χ4v) is 2.92. The van der Waals surface area contributed by atoms with Gasteiger partial charge in [-0.2, -0.15) is 0 Å². The van der Waals surface area contributed by atoms with E-state index in [0.717, 1.165) is 11.1 Å². The van der Waals surface area contributed by atoms with Gasteiger partial charge in [0.25, 0.3) is 0 Å². The standard InChI is InChI=1S/C19H20O/c1-14(15-8-3-2-4-9-15)19(20)18-13-6-5-12-17(18)16-10-7-11-16/h2-6,8-9,12-14,16H,7,10-11H2,1H3. The smallest absolute Gasteiger partial charge is 0.170 e. The number of benzene rings is 2. The SMILES string of the molecule is CC(C(=O)c1ccccc1C1CCC1)c1ccccc1. The molecule has 102 valence electrons. The molecular formula is C19H20O. The first-order valence-electron chi connectivity index (χ1n) is 7.45. The molecule has 3 rings (SSSR count). The van der Waals surface area contributed by atoms with Gasteiger partial charge < -0.3 is 0 Å². The minimum absolute atomic E-state index is 0.0718. The van der Waals surface area contributed by atoms with Crippen LogP contribution in [-0.4, -0.2) is 5.78 Å². The van der Waals surface area contributed by atoms with Crippen LogP contribution in [0.5, 0.6) is 0 Å². The second kappa shape index (κ2) is 5.62. The van der Waals surface area contributed by atoms with Crippen LogP contribution in [0.15, 0.2) is 54.6 Å². The summed E-state index contributed by atoms with van der Waals surface area (Å²) >= 11 is 0. The lowest BCUT2D eigenvalue weighted by Gasteiger charge is -2.28. The van der Waals surface area contributed by atoms with E-state index in [-0.39, 0.29) is 11.7 Å². The molecule has 0 spiro atoms. The quantitative estimate of drug-likeness (QED) is 0.715. The Kier molecular flexibility index (Phi) is 3.68. The Bertz CT molecular complexity index is 596. The van der Waals surface area contributed by atoms with Crippen molar-refractivity contribution in [3.05, 3.63) is 71.3 Å². The summed E-state index contributed by atoms with van der Waals surface area (Å²) in [4.78, 5) is 12.8. The summed E-state index contributed by atoms with van der Waals surface area (Å²) in [7, 11) is 0. The Morgan fingerprint density at radius 1 is 1.00 bits per heavy atom. The van der Waals surface area contributed by atoms with Gasteiger partial charge in [0.15, 0.2) is 5.78 Å². The molecule has 0 amide bonds. The molecule has 1 heteroatoms. The van der Waals surface area contributed by atoms with Crippen LogP contribution in [-0.2, 0) is 0 Å². The van der Waals surface area contributed by atoms with Gasteiger partial charge in [-0.1, -0.05) is 67.9 Å². The van der Waals surface area contributed by atoms with Gasteiger partial charge in [0.05, 0.1) is 0 Å². The summed E-state index contributed by atoms with van der Waals surface area (Å²) in [6.07, 6.45) is 3.75. The lowest BCUT2D eigenvalue weighted by Crippen LogP contribution is -2.17. The van der Waals surface area contributed by atoms with Crippen molar-refractivity contribution in [1.82, 2.24) is 0 Å². The molecule has 0 saturated heterocycles. The molecule has 1 unspecified atom stereocenters. The van der Waals surface area contributed by atoms with Crippen LogP contribution in [0.2, 0.25) is 0 Å². The van der Waals surface area contributed by atoms with Crippen LogP contribution >= 0.6 is 0 Å². The van der Waals surface area contributed by atoms with E-state index in [1.807, 2.05) is 49.4 Å². The van der Waals surface area contributed by atoms with E-state index in [1.165, 1.54) is 24.8 Å². The van der Waals surface area contributed by atoms with Crippen LogP contribution < -0.4 is 0 Å². The number of Topliss-reactive ketones (excluding diaryl/α,β-unsaturated/α-hetero) is 1. The molecule has 0 aromatic heterocycles. The van der Waals surface area contributed by atoms with E-state index in [2.05, 4.69) is 12.1 Å². The number of carbonyl (C=O) groups excluding carboxylic acids is 1. The molecule has 2 aromatic carbocycles. The molecule has 1 aliphatic rings. The average molecular weight is 264 g/mol. The van der Waals surface area contributed by atoms with Crippen molar-refractivity contribution in [2.24, 2.45) is 0 Å². The predicted molar refractivity (Wildman–Crippen MR) is 82.2 cm³/mol. The Balaban J connectivity index is 1.91. The molecule has 1 fully saturated rings. The number of rotatable bonds is 4. The van der Waals surface area contributed by atoms with Crippen LogP contribution in [0.4, 0.5) is 0 Å². The van der Waals surface area contributed by atoms with E-state index >= 15 is 0 Å². The highest BCUT2D eigenvalue weighted by Crippen LogP contribution is 2.39. The maximum Gasteiger partial charge on any atom is 0.170 e. The normalized spacial score (nSPS) is 16.4. The number of ketones is 1. The molecule has 1 saturated carbocycles. The van der Waals surface area contributed by atoms with E-state index in [9.17, 15) is 4.79 Å². The van der Waals surface area contributed by atoms with Gasteiger partial charge in [-0.15, -0.1) is 0 Å². The number of carbonyl (C=O) groups is 1. The Hall–Kier alpha value is -1.89. The third kappa shape index (κ3) is 2.40. The molecule has 20 heavy (non-hydrogen) atoms. The molecule has 1 atom stereocenters. The van der Waals surface area contributed by atoms with Crippen molar-refractivity contribution in [2.45, 2.75) is 38.0 Å². The van der Waals surface area contributed by atoms with Crippen LogP contribution in [0.25, 0.3) is 0 Å². The lowest BCUT2D eigenvalue weighted by atomic mass is 9.76. The van der Waals surface area contributed by atoms with Crippen molar-refractivity contribution in [1.29, 1.82) is 0 Å². The zero-order valence-corrected chi connectivity index (χ0v) is 11.9. The van der Waals surface area contributed by atoms with Gasteiger partial charge in [-0.05, 0) is 29.9 Å². The highest BCUT2D eigenvalue weighted by atomic mass is 16.1. The van der Waals surface area contributed by atoms with Gasteiger partial charge in [-0.3, -0.25) is 4.79 Å². The highest BCUT2D eigenvalue weighted by molar-refractivity contribution is 6.02. The first kappa shape index (κ1) is 13.1. The van der Waals surface area contributed by atoms with Gasteiger partial charge in [-0.25, -0.2) is 0 Å². The van der Waals surface area contributed by atoms with Crippen molar-refractivity contribution in [3.63, 3.8) is 0 Å². The van der Waals surface area contributed by atoms with Crippen molar-refractivity contribution in [2.75, 3.05) is 0 Å². The molecule has 0 heterocycles. The lowest BCUT2D eigenvalue weighted by molar-refractivity contribution is 0.0964. The minimum atomic E-state index is -0.0718. The van der Waals surface area contributed by atoms with E-state index in [4.69, 9.17) is 0 Å². The fraction of sp³-hybridized carbons (Fsp3) is 0.316. The van der Waals surface area contributed by atoms with Gasteiger partial charge in [0.2, 0.25) is 0 Å². The van der Waals surface area contributed by atoms with E-state index in [0.29, 0.717) is 5.92 Å².